The van der Waals surface area contributed by atoms with E-state index in [9.17, 15) is 14.7 Å². The van der Waals surface area contributed by atoms with Gasteiger partial charge in [0.25, 0.3) is 0 Å². The number of carboxylic acids is 2. The first-order valence-electron chi connectivity index (χ1n) is 5.67. The summed E-state index contributed by atoms with van der Waals surface area (Å²) in [7, 11) is 0. The monoisotopic (exact) mass is 272 g/mol. The van der Waals surface area contributed by atoms with E-state index in [1.807, 2.05) is 0 Å². The van der Waals surface area contributed by atoms with Crippen LogP contribution >= 0.6 is 0 Å². The first-order valence-corrected chi connectivity index (χ1v) is 5.67. The number of carboxylic acid groups (broad SMARTS) is 2. The Morgan fingerprint density at radius 3 is 2.05 bits per heavy atom. The number of carbonyl (C=O) groups is 2. The fraction of sp³-hybridized carbons (Fsp3) is 0. The maximum absolute atomic E-state index is 11.3. The molecule has 0 aliphatic carbocycles. The molecule has 2 aromatic carbocycles. The number of hydrogen-bond donors (Lipinski definition) is 4. The zero-order valence-electron chi connectivity index (χ0n) is 10.3. The molecular formula is C14H12N2O4. The van der Waals surface area contributed by atoms with Crippen molar-refractivity contribution in [3.63, 3.8) is 0 Å². The van der Waals surface area contributed by atoms with Crippen molar-refractivity contribution in [3.8, 4) is 11.1 Å². The van der Waals surface area contributed by atoms with Crippen LogP contribution in [0.2, 0.25) is 0 Å². The van der Waals surface area contributed by atoms with Crippen LogP contribution in [0, 0.1) is 0 Å². The maximum atomic E-state index is 11.3. The van der Waals surface area contributed by atoms with Gasteiger partial charge in [-0.1, -0.05) is 30.3 Å². The van der Waals surface area contributed by atoms with Gasteiger partial charge in [-0.15, -0.1) is 0 Å². The third-order valence-corrected chi connectivity index (χ3v) is 2.90. The van der Waals surface area contributed by atoms with Crippen molar-refractivity contribution < 1.29 is 19.8 Å². The minimum atomic E-state index is -1.30. The van der Waals surface area contributed by atoms with Gasteiger partial charge in [0.15, 0.2) is 0 Å². The smallest absolute Gasteiger partial charge is 0.339 e. The molecule has 0 aromatic heterocycles. The molecule has 0 saturated carbocycles. The highest BCUT2D eigenvalue weighted by atomic mass is 16.4. The van der Waals surface area contributed by atoms with Gasteiger partial charge in [-0.2, -0.15) is 0 Å². The third kappa shape index (κ3) is 2.14. The lowest BCUT2D eigenvalue weighted by Gasteiger charge is -2.14. The Balaban J connectivity index is 2.86. The fourth-order valence-electron chi connectivity index (χ4n) is 2.05. The van der Waals surface area contributed by atoms with Crippen molar-refractivity contribution >= 4 is 23.3 Å². The van der Waals surface area contributed by atoms with Crippen molar-refractivity contribution in [2.24, 2.45) is 0 Å². The SMILES string of the molecule is Nc1cc(C(=O)O)c(-c2ccccc2)c(N)c1C(=O)O. The molecule has 0 bridgehead atoms. The zero-order chi connectivity index (χ0) is 14.9. The summed E-state index contributed by atoms with van der Waals surface area (Å²) in [5, 5.41) is 18.4. The van der Waals surface area contributed by atoms with Crippen LogP contribution < -0.4 is 11.5 Å². The summed E-state index contributed by atoms with van der Waals surface area (Å²) in [5.41, 5.74) is 11.4. The Bertz CT molecular complexity index is 696. The highest BCUT2D eigenvalue weighted by Crippen LogP contribution is 2.35. The van der Waals surface area contributed by atoms with E-state index in [2.05, 4.69) is 0 Å². The summed E-state index contributed by atoms with van der Waals surface area (Å²) < 4.78 is 0. The number of hydrogen-bond acceptors (Lipinski definition) is 4. The Morgan fingerprint density at radius 2 is 1.55 bits per heavy atom. The van der Waals surface area contributed by atoms with Gasteiger partial charge in [0.1, 0.15) is 5.56 Å². The first kappa shape index (κ1) is 13.4. The Kier molecular flexibility index (Phi) is 3.30. The second kappa shape index (κ2) is 4.93. The number of nitrogens with two attached hydrogens (primary N) is 2. The number of benzene rings is 2. The lowest BCUT2D eigenvalue weighted by Crippen LogP contribution is -2.12. The molecule has 20 heavy (non-hydrogen) atoms. The van der Waals surface area contributed by atoms with Gasteiger partial charge >= 0.3 is 11.9 Å². The zero-order valence-corrected chi connectivity index (χ0v) is 10.3. The van der Waals surface area contributed by atoms with Gasteiger partial charge in [0, 0.05) is 11.3 Å². The Morgan fingerprint density at radius 1 is 0.950 bits per heavy atom. The van der Waals surface area contributed by atoms with Crippen molar-refractivity contribution in [2.45, 2.75) is 0 Å². The Labute approximate surface area is 114 Å². The molecule has 0 unspecified atom stereocenters. The molecule has 2 aromatic rings. The van der Waals surface area contributed by atoms with Crippen LogP contribution in [0.3, 0.4) is 0 Å². The van der Waals surface area contributed by atoms with E-state index in [1.54, 1.807) is 30.3 Å². The van der Waals surface area contributed by atoms with Crippen LogP contribution in [0.4, 0.5) is 11.4 Å². The molecule has 0 aliphatic rings. The molecule has 6 nitrogen and oxygen atoms in total. The molecule has 0 aliphatic heterocycles. The number of rotatable bonds is 3. The first-order chi connectivity index (χ1) is 9.43. The van der Waals surface area contributed by atoms with Crippen molar-refractivity contribution in [3.05, 3.63) is 47.5 Å². The molecular weight excluding hydrogens is 260 g/mol. The van der Waals surface area contributed by atoms with E-state index >= 15 is 0 Å². The largest absolute Gasteiger partial charge is 0.478 e. The predicted molar refractivity (Wildman–Crippen MR) is 74.6 cm³/mol. The second-order valence-corrected chi connectivity index (χ2v) is 4.15. The topological polar surface area (TPSA) is 127 Å². The van der Waals surface area contributed by atoms with Gasteiger partial charge < -0.3 is 21.7 Å². The van der Waals surface area contributed by atoms with Crippen LogP contribution in [-0.2, 0) is 0 Å². The van der Waals surface area contributed by atoms with Gasteiger partial charge in [-0.3, -0.25) is 0 Å². The van der Waals surface area contributed by atoms with E-state index in [0.717, 1.165) is 6.07 Å². The average molecular weight is 272 g/mol. The van der Waals surface area contributed by atoms with E-state index in [4.69, 9.17) is 16.6 Å². The molecule has 0 spiro atoms. The second-order valence-electron chi connectivity index (χ2n) is 4.15. The molecule has 0 fully saturated rings. The minimum absolute atomic E-state index is 0.129. The van der Waals surface area contributed by atoms with Crippen LogP contribution in [0.15, 0.2) is 36.4 Å². The summed E-state index contributed by atoms with van der Waals surface area (Å²) in [4.78, 5) is 22.5. The summed E-state index contributed by atoms with van der Waals surface area (Å²) in [5.74, 6) is -2.52. The molecule has 0 amide bonds. The maximum Gasteiger partial charge on any atom is 0.339 e. The van der Waals surface area contributed by atoms with E-state index in [1.165, 1.54) is 0 Å². The molecule has 0 saturated heterocycles. The van der Waals surface area contributed by atoms with Gasteiger partial charge in [-0.25, -0.2) is 9.59 Å². The number of aromatic carboxylic acids is 2. The molecule has 2 rings (SSSR count). The highest BCUT2D eigenvalue weighted by Gasteiger charge is 2.23. The predicted octanol–water partition coefficient (Wildman–Crippen LogP) is 1.91. The summed E-state index contributed by atoms with van der Waals surface area (Å²) in [6.07, 6.45) is 0. The standard InChI is InChI=1S/C14H12N2O4/c15-9-6-8(13(17)18)10(7-4-2-1-3-5-7)12(16)11(9)14(19)20/h1-6H,15-16H2,(H,17,18)(H,19,20). The van der Waals surface area contributed by atoms with E-state index in [0.29, 0.717) is 5.56 Å². The van der Waals surface area contributed by atoms with E-state index < -0.39 is 11.9 Å². The Hall–Kier alpha value is -3.02. The molecule has 0 atom stereocenters. The van der Waals surface area contributed by atoms with Crippen LogP contribution in [-0.4, -0.2) is 22.2 Å². The highest BCUT2D eigenvalue weighted by molar-refractivity contribution is 6.09. The lowest BCUT2D eigenvalue weighted by molar-refractivity contribution is 0.0683. The summed E-state index contributed by atoms with van der Waals surface area (Å²) >= 11 is 0. The fourth-order valence-corrected chi connectivity index (χ4v) is 2.05. The van der Waals surface area contributed by atoms with E-state index in [-0.39, 0.29) is 28.1 Å². The molecule has 102 valence electrons. The van der Waals surface area contributed by atoms with Gasteiger partial charge in [-0.05, 0) is 11.6 Å². The van der Waals surface area contributed by atoms with Crippen molar-refractivity contribution in [1.82, 2.24) is 0 Å². The lowest BCUT2D eigenvalue weighted by atomic mass is 9.93. The van der Waals surface area contributed by atoms with Crippen molar-refractivity contribution in [2.75, 3.05) is 11.5 Å². The molecule has 0 heterocycles. The molecule has 0 radical (unpaired) electrons. The van der Waals surface area contributed by atoms with Crippen molar-refractivity contribution in [1.29, 1.82) is 0 Å². The molecule has 6 N–H and O–H groups in total. The number of nitrogen functional groups attached to an aromatic ring is 2. The third-order valence-electron chi connectivity index (χ3n) is 2.90. The molecule has 6 heteroatoms. The quantitative estimate of drug-likeness (QED) is 0.632. The van der Waals surface area contributed by atoms with Gasteiger partial charge in [0.05, 0.1) is 11.3 Å². The summed E-state index contributed by atoms with van der Waals surface area (Å²) in [6.45, 7) is 0. The van der Waals surface area contributed by atoms with Crippen LogP contribution in [0.25, 0.3) is 11.1 Å². The normalized spacial score (nSPS) is 10.2. The van der Waals surface area contributed by atoms with Crippen LogP contribution in [0.1, 0.15) is 20.7 Å². The number of anilines is 2. The summed E-state index contributed by atoms with van der Waals surface area (Å²) in [6, 6.07) is 9.59. The average Bonchev–Trinajstić information content (AvgIpc) is 2.38. The van der Waals surface area contributed by atoms with Crippen LogP contribution in [0.5, 0.6) is 0 Å². The minimum Gasteiger partial charge on any atom is -0.478 e. The van der Waals surface area contributed by atoms with Gasteiger partial charge in [0.2, 0.25) is 0 Å².